The zero-order valence-corrected chi connectivity index (χ0v) is 11.8. The first kappa shape index (κ1) is 13.4. The van der Waals surface area contributed by atoms with Gasteiger partial charge in [0.15, 0.2) is 0 Å². The van der Waals surface area contributed by atoms with E-state index in [4.69, 9.17) is 0 Å². The summed E-state index contributed by atoms with van der Waals surface area (Å²) in [6.45, 7) is 12.9. The van der Waals surface area contributed by atoms with E-state index in [1.54, 1.807) is 0 Å². The third-order valence-electron chi connectivity index (χ3n) is 2.90. The highest BCUT2D eigenvalue weighted by Gasteiger charge is 2.36. The molecule has 0 aliphatic carbocycles. The Bertz CT molecular complexity index is 173. The van der Waals surface area contributed by atoms with Gasteiger partial charge in [-0.2, -0.15) is 0 Å². The highest BCUT2D eigenvalue weighted by molar-refractivity contribution is 8.01. The molecular formula is C13H27NS. The Morgan fingerprint density at radius 3 is 2.13 bits per heavy atom. The van der Waals surface area contributed by atoms with E-state index in [0.29, 0.717) is 4.87 Å². The largest absolute Gasteiger partial charge is 0.303 e. The fourth-order valence-corrected chi connectivity index (χ4v) is 4.68. The van der Waals surface area contributed by atoms with Gasteiger partial charge >= 0.3 is 0 Å². The van der Waals surface area contributed by atoms with Crippen LogP contribution in [-0.4, -0.2) is 16.7 Å². The number of nitrogens with one attached hydrogen (secondary N) is 1. The van der Waals surface area contributed by atoms with E-state index in [9.17, 15) is 0 Å². The molecule has 1 aliphatic heterocycles. The molecule has 1 nitrogen and oxygen atoms in total. The van der Waals surface area contributed by atoms with Gasteiger partial charge in [0.1, 0.15) is 0 Å². The van der Waals surface area contributed by atoms with Crippen LogP contribution in [0.3, 0.4) is 0 Å². The summed E-state index contributed by atoms with van der Waals surface area (Å²) in [6, 6.07) is 0. The van der Waals surface area contributed by atoms with Gasteiger partial charge in [-0.05, 0) is 37.6 Å². The summed E-state index contributed by atoms with van der Waals surface area (Å²) in [7, 11) is 0. The number of rotatable bonds is 4. The Labute approximate surface area is 99.8 Å². The topological polar surface area (TPSA) is 12.0 Å². The zero-order valence-electron chi connectivity index (χ0n) is 11.0. The van der Waals surface area contributed by atoms with E-state index in [-0.39, 0.29) is 0 Å². The van der Waals surface area contributed by atoms with Crippen molar-refractivity contribution < 1.29 is 0 Å². The highest BCUT2D eigenvalue weighted by atomic mass is 32.2. The minimum absolute atomic E-state index is 0.361. The molecule has 0 radical (unpaired) electrons. The van der Waals surface area contributed by atoms with Crippen LogP contribution in [0, 0.1) is 11.8 Å². The SMILES string of the molecule is CC(C)CC1(CC(C)C)NCCC(C)S1. The van der Waals surface area contributed by atoms with Gasteiger partial charge in [0.05, 0.1) is 4.87 Å². The predicted molar refractivity (Wildman–Crippen MR) is 71.3 cm³/mol. The van der Waals surface area contributed by atoms with Crippen molar-refractivity contribution >= 4 is 11.8 Å². The minimum Gasteiger partial charge on any atom is -0.303 e. The molecule has 1 atom stereocenters. The number of hydrogen-bond donors (Lipinski definition) is 1. The lowest BCUT2D eigenvalue weighted by atomic mass is 9.94. The maximum Gasteiger partial charge on any atom is 0.0652 e. The van der Waals surface area contributed by atoms with Gasteiger partial charge in [-0.3, -0.25) is 0 Å². The van der Waals surface area contributed by atoms with Crippen LogP contribution in [0.4, 0.5) is 0 Å². The number of thioether (sulfide) groups is 1. The molecule has 90 valence electrons. The van der Waals surface area contributed by atoms with Crippen molar-refractivity contribution in [3.05, 3.63) is 0 Å². The molecule has 0 amide bonds. The van der Waals surface area contributed by atoms with Crippen molar-refractivity contribution in [1.82, 2.24) is 5.32 Å². The summed E-state index contributed by atoms with van der Waals surface area (Å²) in [5.74, 6) is 1.57. The van der Waals surface area contributed by atoms with Gasteiger partial charge in [-0.1, -0.05) is 34.6 Å². The van der Waals surface area contributed by atoms with E-state index in [1.165, 1.54) is 25.8 Å². The second-order valence-corrected chi connectivity index (χ2v) is 7.66. The van der Waals surface area contributed by atoms with Crippen molar-refractivity contribution in [2.75, 3.05) is 6.54 Å². The van der Waals surface area contributed by atoms with Crippen LogP contribution in [0.1, 0.15) is 53.9 Å². The molecule has 1 aliphatic rings. The average Bonchev–Trinajstić information content (AvgIpc) is 1.99. The summed E-state index contributed by atoms with van der Waals surface area (Å²) in [5, 5.41) is 4.61. The van der Waals surface area contributed by atoms with Crippen LogP contribution in [0.2, 0.25) is 0 Å². The molecule has 0 bridgehead atoms. The third-order valence-corrected chi connectivity index (χ3v) is 4.47. The zero-order chi connectivity index (χ0) is 11.5. The molecule has 1 fully saturated rings. The van der Waals surface area contributed by atoms with Crippen LogP contribution >= 0.6 is 11.8 Å². The summed E-state index contributed by atoms with van der Waals surface area (Å²) < 4.78 is 0. The van der Waals surface area contributed by atoms with Gasteiger partial charge < -0.3 is 5.32 Å². The van der Waals surface area contributed by atoms with Gasteiger partial charge in [0, 0.05) is 5.25 Å². The smallest absolute Gasteiger partial charge is 0.0652 e. The molecule has 1 unspecified atom stereocenters. The van der Waals surface area contributed by atoms with Crippen molar-refractivity contribution in [3.63, 3.8) is 0 Å². The first-order valence-electron chi connectivity index (χ1n) is 6.36. The molecular weight excluding hydrogens is 202 g/mol. The molecule has 2 heteroatoms. The van der Waals surface area contributed by atoms with Gasteiger partial charge in [-0.25, -0.2) is 0 Å². The normalized spacial score (nSPS) is 26.2. The second kappa shape index (κ2) is 5.58. The molecule has 0 aromatic carbocycles. The summed E-state index contributed by atoms with van der Waals surface area (Å²) in [6.07, 6.45) is 3.93. The summed E-state index contributed by atoms with van der Waals surface area (Å²) in [5.41, 5.74) is 0. The fraction of sp³-hybridized carbons (Fsp3) is 1.00. The monoisotopic (exact) mass is 229 g/mol. The molecule has 0 saturated carbocycles. The lowest BCUT2D eigenvalue weighted by Gasteiger charge is -2.43. The van der Waals surface area contributed by atoms with Crippen LogP contribution in [0.25, 0.3) is 0 Å². The first-order valence-corrected chi connectivity index (χ1v) is 7.24. The van der Waals surface area contributed by atoms with Crippen molar-refractivity contribution in [1.29, 1.82) is 0 Å². The number of hydrogen-bond acceptors (Lipinski definition) is 2. The third kappa shape index (κ3) is 4.36. The molecule has 1 N–H and O–H groups in total. The Morgan fingerprint density at radius 1 is 1.20 bits per heavy atom. The lowest BCUT2D eigenvalue weighted by molar-refractivity contribution is 0.314. The maximum absolute atomic E-state index is 3.79. The lowest BCUT2D eigenvalue weighted by Crippen LogP contribution is -2.49. The molecule has 1 rings (SSSR count). The standard InChI is InChI=1S/C13H27NS/c1-10(2)8-13(9-11(3)4)14-7-6-12(5)15-13/h10-12,14H,6-9H2,1-5H3. The van der Waals surface area contributed by atoms with Crippen molar-refractivity contribution in [2.24, 2.45) is 11.8 Å². The van der Waals surface area contributed by atoms with Gasteiger partial charge in [-0.15, -0.1) is 11.8 Å². The molecule has 15 heavy (non-hydrogen) atoms. The van der Waals surface area contributed by atoms with E-state index in [0.717, 1.165) is 17.1 Å². The maximum atomic E-state index is 3.79. The van der Waals surface area contributed by atoms with E-state index >= 15 is 0 Å². The van der Waals surface area contributed by atoms with Gasteiger partial charge in [0.25, 0.3) is 0 Å². The molecule has 0 aromatic rings. The van der Waals surface area contributed by atoms with Gasteiger partial charge in [0.2, 0.25) is 0 Å². The Hall–Kier alpha value is 0.310. The predicted octanol–water partition coefficient (Wildman–Crippen LogP) is 3.89. The van der Waals surface area contributed by atoms with Crippen molar-refractivity contribution in [3.8, 4) is 0 Å². The van der Waals surface area contributed by atoms with Crippen LogP contribution in [0.5, 0.6) is 0 Å². The van der Waals surface area contributed by atoms with Crippen LogP contribution < -0.4 is 5.32 Å². The Morgan fingerprint density at radius 2 is 1.73 bits per heavy atom. The minimum atomic E-state index is 0.361. The second-order valence-electron chi connectivity index (χ2n) is 5.83. The average molecular weight is 229 g/mol. The Kier molecular flexibility index (Phi) is 4.98. The van der Waals surface area contributed by atoms with Crippen LogP contribution in [0.15, 0.2) is 0 Å². The molecule has 1 saturated heterocycles. The van der Waals surface area contributed by atoms with Crippen LogP contribution in [-0.2, 0) is 0 Å². The fourth-order valence-electron chi connectivity index (χ4n) is 2.63. The molecule has 1 heterocycles. The molecule has 0 spiro atoms. The van der Waals surface area contributed by atoms with E-state index in [2.05, 4.69) is 51.7 Å². The van der Waals surface area contributed by atoms with E-state index < -0.39 is 0 Å². The highest BCUT2D eigenvalue weighted by Crippen LogP contribution is 2.41. The van der Waals surface area contributed by atoms with E-state index in [1.807, 2.05) is 0 Å². The summed E-state index contributed by atoms with van der Waals surface area (Å²) >= 11 is 2.18. The molecule has 0 aromatic heterocycles. The van der Waals surface area contributed by atoms with Crippen molar-refractivity contribution in [2.45, 2.75) is 64.0 Å². The first-order chi connectivity index (χ1) is 6.93. The Balaban J connectivity index is 2.65. The summed E-state index contributed by atoms with van der Waals surface area (Å²) in [4.78, 5) is 0.361. The quantitative estimate of drug-likeness (QED) is 0.785.